The van der Waals surface area contributed by atoms with Crippen molar-refractivity contribution in [1.29, 1.82) is 0 Å². The van der Waals surface area contributed by atoms with E-state index in [2.05, 4.69) is 57.0 Å². The molecule has 0 aromatic heterocycles. The second-order valence-electron chi connectivity index (χ2n) is 5.14. The molecule has 1 aliphatic rings. The maximum absolute atomic E-state index is 6.42. The average Bonchev–Trinajstić information content (AvgIpc) is 2.79. The summed E-state index contributed by atoms with van der Waals surface area (Å²) in [6.45, 7) is 2.09. The van der Waals surface area contributed by atoms with Gasteiger partial charge in [-0.15, -0.1) is 0 Å². The van der Waals surface area contributed by atoms with Crippen LogP contribution in [-0.2, 0) is 6.42 Å². The van der Waals surface area contributed by atoms with Crippen LogP contribution in [0.3, 0.4) is 0 Å². The number of halogens is 2. The Balaban J connectivity index is 1.97. The molecule has 2 nitrogen and oxygen atoms in total. The number of ether oxygens (including phenoxy) is 1. The molecule has 20 heavy (non-hydrogen) atoms. The number of rotatable bonds is 2. The SMILES string of the molecule is CC1Cc2cc(C(N)c3cc(Br)ccc3Br)ccc2O1. The van der Waals surface area contributed by atoms with E-state index >= 15 is 0 Å². The smallest absolute Gasteiger partial charge is 0.123 e. The van der Waals surface area contributed by atoms with Crippen molar-refractivity contribution in [2.75, 3.05) is 0 Å². The summed E-state index contributed by atoms with van der Waals surface area (Å²) in [5.41, 5.74) is 9.86. The molecular weight excluding hydrogens is 382 g/mol. The zero-order chi connectivity index (χ0) is 14.3. The van der Waals surface area contributed by atoms with Crippen molar-refractivity contribution in [1.82, 2.24) is 0 Å². The third kappa shape index (κ3) is 2.65. The quantitative estimate of drug-likeness (QED) is 0.805. The first-order valence-corrected chi connectivity index (χ1v) is 8.13. The first-order valence-electron chi connectivity index (χ1n) is 6.54. The fraction of sp³-hybridized carbons (Fsp3) is 0.250. The summed E-state index contributed by atoms with van der Waals surface area (Å²) in [6.07, 6.45) is 1.21. The molecule has 0 saturated heterocycles. The zero-order valence-electron chi connectivity index (χ0n) is 11.1. The Morgan fingerprint density at radius 1 is 1.20 bits per heavy atom. The average molecular weight is 397 g/mol. The van der Waals surface area contributed by atoms with Crippen molar-refractivity contribution < 1.29 is 4.74 Å². The van der Waals surface area contributed by atoms with Gasteiger partial charge >= 0.3 is 0 Å². The van der Waals surface area contributed by atoms with Crippen molar-refractivity contribution >= 4 is 31.9 Å². The molecule has 0 bridgehead atoms. The highest BCUT2D eigenvalue weighted by Crippen LogP contribution is 2.34. The van der Waals surface area contributed by atoms with E-state index in [4.69, 9.17) is 10.5 Å². The van der Waals surface area contributed by atoms with Crippen LogP contribution >= 0.6 is 31.9 Å². The van der Waals surface area contributed by atoms with E-state index in [-0.39, 0.29) is 12.1 Å². The van der Waals surface area contributed by atoms with Gasteiger partial charge in [-0.25, -0.2) is 0 Å². The van der Waals surface area contributed by atoms with Crippen LogP contribution in [0.5, 0.6) is 5.75 Å². The number of fused-ring (bicyclic) bond motifs is 1. The molecule has 2 aromatic rings. The van der Waals surface area contributed by atoms with Gasteiger partial charge in [0.2, 0.25) is 0 Å². The maximum atomic E-state index is 6.42. The van der Waals surface area contributed by atoms with Gasteiger partial charge in [0.25, 0.3) is 0 Å². The summed E-state index contributed by atoms with van der Waals surface area (Å²) in [7, 11) is 0. The molecule has 2 atom stereocenters. The molecule has 0 saturated carbocycles. The van der Waals surface area contributed by atoms with Gasteiger partial charge < -0.3 is 10.5 Å². The molecule has 2 N–H and O–H groups in total. The minimum absolute atomic E-state index is 0.150. The van der Waals surface area contributed by atoms with Crippen molar-refractivity contribution in [2.45, 2.75) is 25.5 Å². The van der Waals surface area contributed by atoms with Crippen LogP contribution in [0.25, 0.3) is 0 Å². The lowest BCUT2D eigenvalue weighted by Crippen LogP contribution is -2.12. The second kappa shape index (κ2) is 5.51. The minimum atomic E-state index is -0.150. The van der Waals surface area contributed by atoms with E-state index in [0.717, 1.165) is 32.2 Å². The third-order valence-electron chi connectivity index (χ3n) is 3.57. The molecule has 4 heteroatoms. The van der Waals surface area contributed by atoms with Gasteiger partial charge in [0.15, 0.2) is 0 Å². The molecule has 0 fully saturated rings. The fourth-order valence-electron chi connectivity index (χ4n) is 2.57. The Labute approximate surface area is 135 Å². The van der Waals surface area contributed by atoms with Gasteiger partial charge in [0.05, 0.1) is 6.04 Å². The molecule has 0 aliphatic carbocycles. The monoisotopic (exact) mass is 395 g/mol. The Morgan fingerprint density at radius 2 is 2.00 bits per heavy atom. The molecule has 2 aromatic carbocycles. The number of nitrogens with two attached hydrogens (primary N) is 1. The lowest BCUT2D eigenvalue weighted by molar-refractivity contribution is 0.254. The van der Waals surface area contributed by atoms with Crippen LogP contribution in [0.4, 0.5) is 0 Å². The molecular formula is C16H15Br2NO. The molecule has 1 heterocycles. The Bertz CT molecular complexity index is 657. The molecule has 0 spiro atoms. The predicted molar refractivity (Wildman–Crippen MR) is 88.1 cm³/mol. The van der Waals surface area contributed by atoms with Crippen molar-refractivity contribution in [2.24, 2.45) is 5.73 Å². The normalized spacial score (nSPS) is 18.5. The van der Waals surface area contributed by atoms with E-state index < -0.39 is 0 Å². The topological polar surface area (TPSA) is 35.2 Å². The van der Waals surface area contributed by atoms with Gasteiger partial charge in [-0.05, 0) is 47.9 Å². The van der Waals surface area contributed by atoms with E-state index in [0.29, 0.717) is 0 Å². The summed E-state index contributed by atoms with van der Waals surface area (Å²) in [5, 5.41) is 0. The highest BCUT2D eigenvalue weighted by atomic mass is 79.9. The van der Waals surface area contributed by atoms with Gasteiger partial charge in [0, 0.05) is 15.4 Å². The summed E-state index contributed by atoms with van der Waals surface area (Å²) < 4.78 is 7.79. The summed E-state index contributed by atoms with van der Waals surface area (Å²) in [6, 6.07) is 12.2. The highest BCUT2D eigenvalue weighted by molar-refractivity contribution is 9.11. The van der Waals surface area contributed by atoms with Crippen molar-refractivity contribution in [3.63, 3.8) is 0 Å². The molecule has 0 amide bonds. The predicted octanol–water partition coefficient (Wildman–Crippen LogP) is 4.58. The molecule has 104 valence electrons. The van der Waals surface area contributed by atoms with Gasteiger partial charge in [0.1, 0.15) is 11.9 Å². The largest absolute Gasteiger partial charge is 0.490 e. The Morgan fingerprint density at radius 3 is 2.80 bits per heavy atom. The third-order valence-corrected chi connectivity index (χ3v) is 4.79. The molecule has 0 radical (unpaired) electrons. The van der Waals surface area contributed by atoms with E-state index in [1.165, 1.54) is 5.56 Å². The molecule has 3 rings (SSSR count). The standard InChI is InChI=1S/C16H15Br2NO/c1-9-6-11-7-10(2-5-15(11)20-9)16(19)13-8-12(17)3-4-14(13)18/h2-5,7-9,16H,6,19H2,1H3. The van der Waals surface area contributed by atoms with Crippen LogP contribution in [-0.4, -0.2) is 6.10 Å². The Hall–Kier alpha value is -0.840. The van der Waals surface area contributed by atoms with Crippen LogP contribution in [0, 0.1) is 0 Å². The minimum Gasteiger partial charge on any atom is -0.490 e. The summed E-state index contributed by atoms with van der Waals surface area (Å²) >= 11 is 7.07. The van der Waals surface area contributed by atoms with Crippen LogP contribution < -0.4 is 10.5 Å². The van der Waals surface area contributed by atoms with Crippen molar-refractivity contribution in [3.05, 3.63) is 62.0 Å². The number of benzene rings is 2. The Kier molecular flexibility index (Phi) is 3.89. The van der Waals surface area contributed by atoms with Gasteiger partial charge in [-0.3, -0.25) is 0 Å². The fourth-order valence-corrected chi connectivity index (χ4v) is 3.44. The first kappa shape index (κ1) is 14.1. The number of hydrogen-bond donors (Lipinski definition) is 1. The van der Waals surface area contributed by atoms with Crippen LogP contribution in [0.1, 0.15) is 29.7 Å². The zero-order valence-corrected chi connectivity index (χ0v) is 14.2. The van der Waals surface area contributed by atoms with E-state index in [9.17, 15) is 0 Å². The highest BCUT2D eigenvalue weighted by Gasteiger charge is 2.21. The summed E-state index contributed by atoms with van der Waals surface area (Å²) in [4.78, 5) is 0. The lowest BCUT2D eigenvalue weighted by Gasteiger charge is -2.15. The second-order valence-corrected chi connectivity index (χ2v) is 6.91. The van der Waals surface area contributed by atoms with Crippen molar-refractivity contribution in [3.8, 4) is 5.75 Å². The lowest BCUT2D eigenvalue weighted by atomic mass is 9.97. The van der Waals surface area contributed by atoms with Gasteiger partial charge in [-0.1, -0.05) is 44.0 Å². The maximum Gasteiger partial charge on any atom is 0.123 e. The molecule has 1 aliphatic heterocycles. The van der Waals surface area contributed by atoms with Gasteiger partial charge in [-0.2, -0.15) is 0 Å². The summed E-state index contributed by atoms with van der Waals surface area (Å²) in [5.74, 6) is 0.988. The van der Waals surface area contributed by atoms with E-state index in [1.54, 1.807) is 0 Å². The molecule has 2 unspecified atom stereocenters. The van der Waals surface area contributed by atoms with Crippen LogP contribution in [0.2, 0.25) is 0 Å². The first-order chi connectivity index (χ1) is 9.54. The number of hydrogen-bond acceptors (Lipinski definition) is 2. The van der Waals surface area contributed by atoms with E-state index in [1.807, 2.05) is 18.2 Å². The van der Waals surface area contributed by atoms with Crippen LogP contribution in [0.15, 0.2) is 45.3 Å².